The number of hydrogen-bond acceptors (Lipinski definition) is 6. The average Bonchev–Trinajstić information content (AvgIpc) is 3.08. The highest BCUT2D eigenvalue weighted by Crippen LogP contribution is 2.31. The lowest BCUT2D eigenvalue weighted by Gasteiger charge is -2.35. The Balaban J connectivity index is 1.26. The minimum absolute atomic E-state index is 1.05. The first-order valence-electron chi connectivity index (χ1n) is 9.36. The van der Waals surface area contributed by atoms with Gasteiger partial charge < -0.3 is 4.90 Å². The molecule has 0 aliphatic carbocycles. The second-order valence-corrected chi connectivity index (χ2v) is 7.81. The fourth-order valence-electron chi connectivity index (χ4n) is 3.58. The zero-order valence-corrected chi connectivity index (χ0v) is 16.1. The van der Waals surface area contributed by atoms with Crippen molar-refractivity contribution >= 4 is 27.4 Å². The van der Waals surface area contributed by atoms with Gasteiger partial charge >= 0.3 is 0 Å². The van der Waals surface area contributed by atoms with Gasteiger partial charge in [0, 0.05) is 38.6 Å². The molecule has 3 aromatic rings. The molecule has 0 atom stereocenters. The number of aromatic nitrogens is 3. The molecule has 6 heteroatoms. The van der Waals surface area contributed by atoms with E-state index in [9.17, 15) is 0 Å². The minimum atomic E-state index is 1.05. The minimum Gasteiger partial charge on any atom is -0.353 e. The summed E-state index contributed by atoms with van der Waals surface area (Å²) in [6.07, 6.45) is 9.12. The molecule has 0 aromatic carbocycles. The monoisotopic (exact) mass is 367 g/mol. The molecule has 0 saturated carbocycles. The second-order valence-electron chi connectivity index (χ2n) is 6.93. The van der Waals surface area contributed by atoms with Crippen molar-refractivity contribution in [1.29, 1.82) is 0 Å². The van der Waals surface area contributed by atoms with Gasteiger partial charge in [-0.15, -0.1) is 11.3 Å². The van der Waals surface area contributed by atoms with Gasteiger partial charge in [-0.25, -0.2) is 9.97 Å². The van der Waals surface area contributed by atoms with E-state index >= 15 is 0 Å². The average molecular weight is 368 g/mol. The van der Waals surface area contributed by atoms with Gasteiger partial charge in [-0.2, -0.15) is 0 Å². The van der Waals surface area contributed by atoms with Crippen LogP contribution < -0.4 is 4.90 Å². The molecular formula is C20H25N5S. The third-order valence-electron chi connectivity index (χ3n) is 5.12. The Morgan fingerprint density at radius 3 is 2.65 bits per heavy atom. The van der Waals surface area contributed by atoms with Crippen molar-refractivity contribution in [1.82, 2.24) is 19.9 Å². The number of rotatable bonds is 6. The lowest BCUT2D eigenvalue weighted by atomic mass is 10.1. The highest BCUT2D eigenvalue weighted by Gasteiger charge is 2.20. The zero-order chi connectivity index (χ0) is 17.8. The summed E-state index contributed by atoms with van der Waals surface area (Å²) in [6.45, 7) is 7.65. The molecule has 0 spiro atoms. The van der Waals surface area contributed by atoms with Crippen molar-refractivity contribution in [2.75, 3.05) is 37.6 Å². The summed E-state index contributed by atoms with van der Waals surface area (Å²) in [5.74, 6) is 1.12. The Bertz CT molecular complexity index is 840. The van der Waals surface area contributed by atoms with Crippen molar-refractivity contribution < 1.29 is 0 Å². The predicted molar refractivity (Wildman–Crippen MR) is 108 cm³/mol. The van der Waals surface area contributed by atoms with Crippen LogP contribution in [-0.4, -0.2) is 52.6 Å². The number of hydrogen-bond donors (Lipinski definition) is 0. The van der Waals surface area contributed by atoms with Gasteiger partial charge in [0.2, 0.25) is 0 Å². The normalized spacial score (nSPS) is 15.7. The quantitative estimate of drug-likeness (QED) is 0.624. The molecule has 4 heterocycles. The first-order chi connectivity index (χ1) is 12.8. The van der Waals surface area contributed by atoms with E-state index in [2.05, 4.69) is 49.2 Å². The SMILES string of the molecule is Cc1csc2c(N3CCN(CCCCc4ccncc4)CC3)ncnc12. The molecule has 0 N–H and O–H groups in total. The number of nitrogens with zero attached hydrogens (tertiary/aromatic N) is 5. The van der Waals surface area contributed by atoms with Crippen LogP contribution in [0.2, 0.25) is 0 Å². The van der Waals surface area contributed by atoms with Crippen molar-refractivity contribution in [3.8, 4) is 0 Å². The molecule has 1 fully saturated rings. The summed E-state index contributed by atoms with van der Waals surface area (Å²) in [4.78, 5) is 18.1. The van der Waals surface area contributed by atoms with E-state index in [1.807, 2.05) is 12.4 Å². The highest BCUT2D eigenvalue weighted by molar-refractivity contribution is 7.18. The Hall–Kier alpha value is -2.05. The van der Waals surface area contributed by atoms with Gasteiger partial charge in [0.1, 0.15) is 12.1 Å². The zero-order valence-electron chi connectivity index (χ0n) is 15.3. The molecule has 26 heavy (non-hydrogen) atoms. The van der Waals surface area contributed by atoms with Crippen LogP contribution in [0.5, 0.6) is 0 Å². The van der Waals surface area contributed by atoms with Gasteiger partial charge in [0.05, 0.1) is 10.2 Å². The number of pyridine rings is 1. The van der Waals surface area contributed by atoms with Gasteiger partial charge in [-0.3, -0.25) is 9.88 Å². The van der Waals surface area contributed by atoms with Crippen LogP contribution in [0.25, 0.3) is 10.2 Å². The van der Waals surface area contributed by atoms with Gasteiger partial charge in [-0.1, -0.05) is 0 Å². The molecule has 5 nitrogen and oxygen atoms in total. The Morgan fingerprint density at radius 1 is 1.04 bits per heavy atom. The van der Waals surface area contributed by atoms with Gasteiger partial charge in [0.25, 0.3) is 0 Å². The van der Waals surface area contributed by atoms with Crippen LogP contribution >= 0.6 is 11.3 Å². The Morgan fingerprint density at radius 2 is 1.85 bits per heavy atom. The Kier molecular flexibility index (Phi) is 5.41. The summed E-state index contributed by atoms with van der Waals surface area (Å²) < 4.78 is 1.23. The lowest BCUT2D eigenvalue weighted by Crippen LogP contribution is -2.47. The standard InChI is InChI=1S/C20H25N5S/c1-16-14-26-19-18(16)22-15-23-20(19)25-12-10-24(11-13-25)9-3-2-4-17-5-7-21-8-6-17/h5-8,14-15H,2-4,9-13H2,1H3. The van der Waals surface area contributed by atoms with E-state index in [4.69, 9.17) is 0 Å². The van der Waals surface area contributed by atoms with E-state index in [0.717, 1.165) is 43.9 Å². The summed E-state index contributed by atoms with van der Waals surface area (Å²) in [6, 6.07) is 4.24. The molecule has 1 aliphatic heterocycles. The van der Waals surface area contributed by atoms with Crippen LogP contribution in [-0.2, 0) is 6.42 Å². The van der Waals surface area contributed by atoms with Crippen LogP contribution in [0.3, 0.4) is 0 Å². The number of unbranched alkanes of at least 4 members (excludes halogenated alkanes) is 1. The first kappa shape index (κ1) is 17.4. The van der Waals surface area contributed by atoms with Crippen LogP contribution in [0, 0.1) is 6.92 Å². The molecule has 0 bridgehead atoms. The topological polar surface area (TPSA) is 45.2 Å². The largest absolute Gasteiger partial charge is 0.353 e. The van der Waals surface area contributed by atoms with E-state index in [-0.39, 0.29) is 0 Å². The smallest absolute Gasteiger partial charge is 0.150 e. The van der Waals surface area contributed by atoms with E-state index < -0.39 is 0 Å². The Labute approximate surface area is 158 Å². The maximum absolute atomic E-state index is 4.58. The third-order valence-corrected chi connectivity index (χ3v) is 6.21. The summed E-state index contributed by atoms with van der Waals surface area (Å²) in [5.41, 5.74) is 3.75. The van der Waals surface area contributed by atoms with Crippen molar-refractivity contribution in [3.05, 3.63) is 47.4 Å². The van der Waals surface area contributed by atoms with E-state index in [1.54, 1.807) is 17.7 Å². The molecule has 1 saturated heterocycles. The second kappa shape index (κ2) is 8.10. The number of thiophene rings is 1. The van der Waals surface area contributed by atoms with E-state index in [1.165, 1.54) is 35.2 Å². The van der Waals surface area contributed by atoms with Crippen molar-refractivity contribution in [2.24, 2.45) is 0 Å². The van der Waals surface area contributed by atoms with Crippen LogP contribution in [0.15, 0.2) is 36.2 Å². The molecule has 0 radical (unpaired) electrons. The molecule has 1 aliphatic rings. The number of aryl methyl sites for hydroxylation is 2. The fourth-order valence-corrected chi connectivity index (χ4v) is 4.60. The predicted octanol–water partition coefficient (Wildman–Crippen LogP) is 3.54. The number of fused-ring (bicyclic) bond motifs is 1. The molecule has 136 valence electrons. The van der Waals surface area contributed by atoms with Gasteiger partial charge in [-0.05, 0) is 61.4 Å². The molecule has 0 unspecified atom stereocenters. The lowest BCUT2D eigenvalue weighted by molar-refractivity contribution is 0.252. The number of anilines is 1. The molecule has 3 aromatic heterocycles. The maximum atomic E-state index is 4.58. The molecule has 0 amide bonds. The third kappa shape index (κ3) is 3.86. The number of piperazine rings is 1. The fraction of sp³-hybridized carbons (Fsp3) is 0.450. The summed E-state index contributed by atoms with van der Waals surface area (Å²) in [5, 5.41) is 2.18. The van der Waals surface area contributed by atoms with Crippen molar-refractivity contribution in [3.63, 3.8) is 0 Å². The van der Waals surface area contributed by atoms with Crippen LogP contribution in [0.4, 0.5) is 5.82 Å². The summed E-state index contributed by atoms with van der Waals surface area (Å²) >= 11 is 1.77. The van der Waals surface area contributed by atoms with Gasteiger partial charge in [0.15, 0.2) is 0 Å². The maximum Gasteiger partial charge on any atom is 0.150 e. The highest BCUT2D eigenvalue weighted by atomic mass is 32.1. The van der Waals surface area contributed by atoms with Crippen LogP contribution in [0.1, 0.15) is 24.0 Å². The molecule has 4 rings (SSSR count). The first-order valence-corrected chi connectivity index (χ1v) is 10.2. The van der Waals surface area contributed by atoms with E-state index in [0.29, 0.717) is 0 Å². The molecular weight excluding hydrogens is 342 g/mol. The van der Waals surface area contributed by atoms with Crippen molar-refractivity contribution in [2.45, 2.75) is 26.2 Å². The summed E-state index contributed by atoms with van der Waals surface area (Å²) in [7, 11) is 0.